The molecule has 0 fully saturated rings. The lowest BCUT2D eigenvalue weighted by Crippen LogP contribution is -2.01. The van der Waals surface area contributed by atoms with Crippen LogP contribution in [0.1, 0.15) is 17.0 Å². The highest BCUT2D eigenvalue weighted by Gasteiger charge is 2.13. The van der Waals surface area contributed by atoms with Gasteiger partial charge < -0.3 is 4.74 Å². The second-order valence-corrected chi connectivity index (χ2v) is 6.65. The first-order valence-electron chi connectivity index (χ1n) is 8.56. The molecule has 0 saturated carbocycles. The fourth-order valence-corrected chi connectivity index (χ4v) is 3.14. The summed E-state index contributed by atoms with van der Waals surface area (Å²) in [5, 5.41) is 11.0. The van der Waals surface area contributed by atoms with E-state index in [4.69, 9.17) is 34.4 Å². The summed E-state index contributed by atoms with van der Waals surface area (Å²) in [6.07, 6.45) is 12.6. The molecule has 0 atom stereocenters. The molecule has 0 amide bonds. The summed E-state index contributed by atoms with van der Waals surface area (Å²) in [5.74, 6) is 3.25. The van der Waals surface area contributed by atoms with Crippen LogP contribution in [0.5, 0.6) is 5.75 Å². The number of pyridine rings is 2. The van der Waals surface area contributed by atoms with Crippen molar-refractivity contribution in [1.29, 1.82) is 0 Å². The summed E-state index contributed by atoms with van der Waals surface area (Å²) >= 11 is 12.4. The lowest BCUT2D eigenvalue weighted by atomic mass is 10.0. The maximum atomic E-state index is 6.19. The van der Waals surface area contributed by atoms with Crippen LogP contribution in [-0.2, 0) is 6.42 Å². The lowest BCUT2D eigenvalue weighted by molar-refractivity contribution is 0.415. The first kappa shape index (κ1) is 20.5. The van der Waals surface area contributed by atoms with Crippen molar-refractivity contribution < 1.29 is 4.74 Å². The Hall–Kier alpha value is -3.20. The van der Waals surface area contributed by atoms with Crippen molar-refractivity contribution in [1.82, 2.24) is 20.2 Å². The summed E-state index contributed by atoms with van der Waals surface area (Å²) in [5.41, 5.74) is 1.95. The van der Waals surface area contributed by atoms with E-state index < -0.39 is 0 Å². The highest BCUT2D eigenvalue weighted by atomic mass is 35.5. The van der Waals surface area contributed by atoms with E-state index in [2.05, 4.69) is 26.1 Å². The minimum absolute atomic E-state index is 0.431. The molecule has 144 valence electrons. The van der Waals surface area contributed by atoms with Crippen LogP contribution in [0.4, 0.5) is 0 Å². The van der Waals surface area contributed by atoms with Gasteiger partial charge in [0.05, 0.1) is 22.8 Å². The first-order chi connectivity index (χ1) is 14.1. The van der Waals surface area contributed by atoms with Crippen LogP contribution in [0, 0.1) is 12.3 Å². The number of hydrogen-bond acceptors (Lipinski definition) is 5. The second-order valence-electron chi connectivity index (χ2n) is 5.83. The van der Waals surface area contributed by atoms with Gasteiger partial charge in [-0.15, -0.1) is 11.5 Å². The average molecular weight is 423 g/mol. The largest absolute Gasteiger partial charge is 0.497 e. The topological polar surface area (TPSA) is 60.8 Å². The number of halogens is 2. The molecule has 5 nitrogen and oxygen atoms in total. The minimum Gasteiger partial charge on any atom is -0.497 e. The number of fused-ring (bicyclic) bond motifs is 1. The third kappa shape index (κ3) is 5.00. The minimum atomic E-state index is 0.431. The van der Waals surface area contributed by atoms with Crippen LogP contribution < -0.4 is 4.74 Å². The van der Waals surface area contributed by atoms with Crippen molar-refractivity contribution in [3.63, 3.8) is 0 Å². The van der Waals surface area contributed by atoms with Crippen molar-refractivity contribution in [2.24, 2.45) is 0 Å². The van der Waals surface area contributed by atoms with E-state index in [1.54, 1.807) is 31.9 Å². The number of benzene rings is 1. The van der Waals surface area contributed by atoms with E-state index in [1.165, 1.54) is 0 Å². The third-order valence-corrected chi connectivity index (χ3v) is 4.71. The molecule has 1 aromatic carbocycles. The summed E-state index contributed by atoms with van der Waals surface area (Å²) < 4.78 is 5.25. The van der Waals surface area contributed by atoms with Gasteiger partial charge in [-0.05, 0) is 41.8 Å². The molecule has 0 N–H and O–H groups in total. The van der Waals surface area contributed by atoms with Gasteiger partial charge in [0.2, 0.25) is 0 Å². The van der Waals surface area contributed by atoms with Gasteiger partial charge in [-0.1, -0.05) is 29.3 Å². The number of ether oxygens (including phenoxy) is 1. The predicted molar refractivity (Wildman–Crippen MR) is 115 cm³/mol. The van der Waals surface area contributed by atoms with Gasteiger partial charge in [0.1, 0.15) is 11.4 Å². The molecular weight excluding hydrogens is 407 g/mol. The van der Waals surface area contributed by atoms with Crippen molar-refractivity contribution in [2.45, 2.75) is 6.42 Å². The molecule has 0 bridgehead atoms. The van der Waals surface area contributed by atoms with Crippen LogP contribution in [0.2, 0.25) is 10.0 Å². The fourth-order valence-electron chi connectivity index (χ4n) is 2.64. The van der Waals surface area contributed by atoms with E-state index >= 15 is 0 Å². The van der Waals surface area contributed by atoms with E-state index in [0.717, 1.165) is 22.0 Å². The molecule has 0 aliphatic heterocycles. The van der Waals surface area contributed by atoms with Crippen molar-refractivity contribution in [3.05, 3.63) is 88.2 Å². The maximum absolute atomic E-state index is 6.19. The first-order valence-corrected chi connectivity index (χ1v) is 9.32. The number of methoxy groups -OCH3 is 1. The second kappa shape index (κ2) is 9.83. The van der Waals surface area contributed by atoms with Crippen molar-refractivity contribution >= 4 is 34.0 Å². The van der Waals surface area contributed by atoms with Gasteiger partial charge in [-0.3, -0.25) is 9.97 Å². The molecule has 29 heavy (non-hydrogen) atoms. The van der Waals surface area contributed by atoms with Gasteiger partial charge in [-0.25, -0.2) is 0 Å². The highest BCUT2D eigenvalue weighted by Crippen LogP contribution is 2.29. The van der Waals surface area contributed by atoms with Crippen molar-refractivity contribution in [3.8, 4) is 18.1 Å². The Morgan fingerprint density at radius 2 is 1.69 bits per heavy atom. The van der Waals surface area contributed by atoms with Crippen LogP contribution in [-0.4, -0.2) is 27.3 Å². The van der Waals surface area contributed by atoms with Crippen LogP contribution in [0.15, 0.2) is 61.2 Å². The maximum Gasteiger partial charge on any atom is 0.143 e. The Morgan fingerprint density at radius 1 is 0.966 bits per heavy atom. The number of nitrogens with zero attached hydrogens (tertiary/aromatic N) is 4. The molecule has 0 saturated heterocycles. The lowest BCUT2D eigenvalue weighted by Gasteiger charge is -2.10. The smallest absolute Gasteiger partial charge is 0.143 e. The zero-order valence-corrected chi connectivity index (χ0v) is 17.0. The molecule has 0 radical (unpaired) electrons. The van der Waals surface area contributed by atoms with Gasteiger partial charge in [0.15, 0.2) is 0 Å². The molecule has 7 heteroatoms. The number of hydrogen-bond donors (Lipinski definition) is 0. The molecule has 0 spiro atoms. The van der Waals surface area contributed by atoms with Gasteiger partial charge in [0.25, 0.3) is 0 Å². The molecule has 4 aromatic rings. The van der Waals surface area contributed by atoms with Crippen LogP contribution in [0.3, 0.4) is 0 Å². The molecule has 0 aliphatic rings. The van der Waals surface area contributed by atoms with Gasteiger partial charge in [-0.2, -0.15) is 5.10 Å². The summed E-state index contributed by atoms with van der Waals surface area (Å²) in [6, 6.07) is 11.3. The van der Waals surface area contributed by atoms with E-state index in [-0.39, 0.29) is 0 Å². The summed E-state index contributed by atoms with van der Waals surface area (Å²) in [4.78, 5) is 7.74. The number of aromatic nitrogens is 4. The Kier molecular flexibility index (Phi) is 6.96. The molecule has 3 heterocycles. The fraction of sp³-hybridized carbons (Fsp3) is 0.0909. The molecule has 0 unspecified atom stereocenters. The van der Waals surface area contributed by atoms with E-state index in [0.29, 0.717) is 27.9 Å². The predicted octanol–water partition coefficient (Wildman–Crippen LogP) is 4.99. The van der Waals surface area contributed by atoms with E-state index in [1.807, 2.05) is 36.4 Å². The van der Waals surface area contributed by atoms with Crippen LogP contribution in [0.25, 0.3) is 10.8 Å². The molecule has 4 rings (SSSR count). The Labute approximate surface area is 178 Å². The Morgan fingerprint density at radius 3 is 2.24 bits per heavy atom. The van der Waals surface area contributed by atoms with Crippen molar-refractivity contribution in [2.75, 3.05) is 7.11 Å². The molecule has 3 aromatic heterocycles. The van der Waals surface area contributed by atoms with Gasteiger partial charge >= 0.3 is 0 Å². The average Bonchev–Trinajstić information content (AvgIpc) is 2.77. The standard InChI is InChI=1S/C17H11Cl2N3O.C5H5N/c1-3-16-12-6-10(23-2)4-5-11(12)17(22-21-16)7-13-14(18)8-20-9-15(13)19;1-2-4-6-5-3-1/h1,4-6,8-9H,7H2,2H3;1-5H. The zero-order chi connectivity index (χ0) is 20.6. The number of terminal acetylenes is 1. The molecular formula is C22H16Cl2N4O. The summed E-state index contributed by atoms with van der Waals surface area (Å²) in [7, 11) is 1.60. The highest BCUT2D eigenvalue weighted by molar-refractivity contribution is 6.35. The zero-order valence-electron chi connectivity index (χ0n) is 15.5. The Bertz CT molecular complexity index is 1110. The molecule has 0 aliphatic carbocycles. The normalized spacial score (nSPS) is 10.0. The number of rotatable bonds is 3. The summed E-state index contributed by atoms with van der Waals surface area (Å²) in [6.45, 7) is 0. The van der Waals surface area contributed by atoms with Crippen LogP contribution >= 0.6 is 23.2 Å². The quantitative estimate of drug-likeness (QED) is 0.435. The van der Waals surface area contributed by atoms with Gasteiger partial charge in [0, 0.05) is 42.0 Å². The Balaban J connectivity index is 0.000000343. The SMILES string of the molecule is C#Cc1nnc(Cc2c(Cl)cncc2Cl)c2ccc(OC)cc12.c1ccncc1. The van der Waals surface area contributed by atoms with E-state index in [9.17, 15) is 0 Å². The monoisotopic (exact) mass is 422 g/mol. The third-order valence-electron chi connectivity index (χ3n) is 4.06.